The molecule has 0 saturated heterocycles. The lowest BCUT2D eigenvalue weighted by molar-refractivity contribution is 0.0883. The quantitative estimate of drug-likeness (QED) is 0.572. The third-order valence-electron chi connectivity index (χ3n) is 2.08. The van der Waals surface area contributed by atoms with E-state index in [2.05, 4.69) is 0 Å². The molecule has 0 saturated carbocycles. The highest BCUT2D eigenvalue weighted by molar-refractivity contribution is 5.13. The van der Waals surface area contributed by atoms with Crippen LogP contribution in [0.5, 0.6) is 0 Å². The number of allylic oxidation sites excluding steroid dienone is 1. The smallest absolute Gasteiger partial charge is 0.0742 e. The van der Waals surface area contributed by atoms with Gasteiger partial charge in [-0.25, -0.2) is 0 Å². The van der Waals surface area contributed by atoms with E-state index >= 15 is 0 Å². The van der Waals surface area contributed by atoms with Crippen LogP contribution < -0.4 is 0 Å². The molecular weight excluding hydrogens is 188 g/mol. The third-order valence-corrected chi connectivity index (χ3v) is 2.08. The molecule has 0 fully saturated rings. The number of hydrogen-bond acceptors (Lipinski definition) is 2. The lowest BCUT2D eigenvalue weighted by Crippen LogP contribution is -2.07. The third kappa shape index (κ3) is 5.35. The normalized spacial score (nSPS) is 13.2. The molecule has 0 aliphatic carbocycles. The summed E-state index contributed by atoms with van der Waals surface area (Å²) in [5.74, 6) is 0. The molecule has 0 amide bonds. The average Bonchev–Trinajstić information content (AvgIpc) is 2.26. The number of aliphatic hydroxyl groups is 1. The van der Waals surface area contributed by atoms with Crippen molar-refractivity contribution in [3.63, 3.8) is 0 Å². The van der Waals surface area contributed by atoms with Crippen molar-refractivity contribution in [1.82, 2.24) is 0 Å². The molecule has 1 rings (SSSR count). The maximum Gasteiger partial charge on any atom is 0.0742 e. The lowest BCUT2D eigenvalue weighted by Gasteiger charge is -2.06. The van der Waals surface area contributed by atoms with Crippen LogP contribution in [0.4, 0.5) is 0 Å². The topological polar surface area (TPSA) is 29.5 Å². The van der Waals surface area contributed by atoms with E-state index in [0.717, 1.165) is 5.56 Å². The molecule has 82 valence electrons. The SMILES string of the molecule is C/C=C/[C@@H](O)CCOCc1ccccc1. The molecule has 2 heteroatoms. The zero-order valence-electron chi connectivity index (χ0n) is 9.10. The van der Waals surface area contributed by atoms with Gasteiger partial charge in [-0.15, -0.1) is 0 Å². The molecular formula is C13H18O2. The molecule has 0 aliphatic heterocycles. The molecule has 0 spiro atoms. The van der Waals surface area contributed by atoms with Crippen molar-refractivity contribution in [1.29, 1.82) is 0 Å². The fourth-order valence-corrected chi connectivity index (χ4v) is 1.29. The molecule has 1 N–H and O–H groups in total. The Morgan fingerprint density at radius 2 is 2.07 bits per heavy atom. The first-order chi connectivity index (χ1) is 7.33. The zero-order valence-corrected chi connectivity index (χ0v) is 9.10. The monoisotopic (exact) mass is 206 g/mol. The highest BCUT2D eigenvalue weighted by atomic mass is 16.5. The average molecular weight is 206 g/mol. The van der Waals surface area contributed by atoms with Crippen LogP contribution in [0, 0.1) is 0 Å². The van der Waals surface area contributed by atoms with E-state index in [1.807, 2.05) is 43.3 Å². The molecule has 1 aromatic carbocycles. The Balaban J connectivity index is 2.12. The summed E-state index contributed by atoms with van der Waals surface area (Å²) < 4.78 is 5.44. The van der Waals surface area contributed by atoms with Gasteiger partial charge in [0.2, 0.25) is 0 Å². The summed E-state index contributed by atoms with van der Waals surface area (Å²) >= 11 is 0. The highest BCUT2D eigenvalue weighted by Crippen LogP contribution is 2.02. The fourth-order valence-electron chi connectivity index (χ4n) is 1.29. The molecule has 0 aromatic heterocycles. The van der Waals surface area contributed by atoms with Gasteiger partial charge in [-0.1, -0.05) is 42.5 Å². The standard InChI is InChI=1S/C13H18O2/c1-2-6-13(14)9-10-15-11-12-7-4-3-5-8-12/h2-8,13-14H,9-11H2,1H3/b6-2+/t13-/m1/s1. The Kier molecular flexibility index (Phi) is 5.74. The van der Waals surface area contributed by atoms with Crippen molar-refractivity contribution in [2.75, 3.05) is 6.61 Å². The summed E-state index contributed by atoms with van der Waals surface area (Å²) in [6.45, 7) is 3.10. The van der Waals surface area contributed by atoms with E-state index in [0.29, 0.717) is 19.6 Å². The van der Waals surface area contributed by atoms with E-state index in [1.54, 1.807) is 6.08 Å². The van der Waals surface area contributed by atoms with Gasteiger partial charge in [0.1, 0.15) is 0 Å². The number of aliphatic hydroxyl groups excluding tert-OH is 1. The van der Waals surface area contributed by atoms with E-state index in [1.165, 1.54) is 0 Å². The fraction of sp³-hybridized carbons (Fsp3) is 0.385. The van der Waals surface area contributed by atoms with Gasteiger partial charge in [-0.3, -0.25) is 0 Å². The van der Waals surface area contributed by atoms with Crippen LogP contribution in [-0.2, 0) is 11.3 Å². The Hall–Kier alpha value is -1.12. The van der Waals surface area contributed by atoms with Gasteiger partial charge >= 0.3 is 0 Å². The lowest BCUT2D eigenvalue weighted by atomic mass is 10.2. The first-order valence-electron chi connectivity index (χ1n) is 5.25. The first kappa shape index (κ1) is 12.0. The van der Waals surface area contributed by atoms with Crippen molar-refractivity contribution >= 4 is 0 Å². The summed E-state index contributed by atoms with van der Waals surface area (Å²) in [7, 11) is 0. The summed E-state index contributed by atoms with van der Waals surface area (Å²) in [5, 5.41) is 9.38. The Bertz CT molecular complexity index is 280. The van der Waals surface area contributed by atoms with Gasteiger partial charge in [-0.2, -0.15) is 0 Å². The second-order valence-corrected chi connectivity index (χ2v) is 3.42. The minimum Gasteiger partial charge on any atom is -0.389 e. The number of hydrogen-bond donors (Lipinski definition) is 1. The van der Waals surface area contributed by atoms with Crippen LogP contribution in [0.15, 0.2) is 42.5 Å². The molecule has 2 nitrogen and oxygen atoms in total. The highest BCUT2D eigenvalue weighted by Gasteiger charge is 1.98. The first-order valence-corrected chi connectivity index (χ1v) is 5.25. The largest absolute Gasteiger partial charge is 0.389 e. The summed E-state index contributed by atoms with van der Waals surface area (Å²) in [6, 6.07) is 10.0. The van der Waals surface area contributed by atoms with Gasteiger partial charge in [0.05, 0.1) is 12.7 Å². The number of rotatable bonds is 6. The van der Waals surface area contributed by atoms with Gasteiger partial charge in [0.15, 0.2) is 0 Å². The van der Waals surface area contributed by atoms with Crippen molar-refractivity contribution in [3.05, 3.63) is 48.0 Å². The molecule has 1 atom stereocenters. The van der Waals surface area contributed by atoms with Crippen molar-refractivity contribution in [2.45, 2.75) is 26.1 Å². The van der Waals surface area contributed by atoms with Gasteiger partial charge in [0.25, 0.3) is 0 Å². The Morgan fingerprint density at radius 3 is 2.73 bits per heavy atom. The Labute approximate surface area is 91.2 Å². The predicted molar refractivity (Wildman–Crippen MR) is 61.5 cm³/mol. The van der Waals surface area contributed by atoms with E-state index < -0.39 is 0 Å². The molecule has 1 aromatic rings. The predicted octanol–water partition coefficient (Wildman–Crippen LogP) is 2.53. The van der Waals surface area contributed by atoms with Gasteiger partial charge in [-0.05, 0) is 12.5 Å². The minimum atomic E-state index is -0.384. The van der Waals surface area contributed by atoms with Crippen molar-refractivity contribution in [2.24, 2.45) is 0 Å². The summed E-state index contributed by atoms with van der Waals surface area (Å²) in [4.78, 5) is 0. The minimum absolute atomic E-state index is 0.384. The molecule has 0 aliphatic rings. The van der Waals surface area contributed by atoms with Crippen LogP contribution in [0.3, 0.4) is 0 Å². The van der Waals surface area contributed by atoms with Gasteiger partial charge < -0.3 is 9.84 Å². The van der Waals surface area contributed by atoms with E-state index in [4.69, 9.17) is 4.74 Å². The van der Waals surface area contributed by atoms with Crippen molar-refractivity contribution < 1.29 is 9.84 Å². The van der Waals surface area contributed by atoms with E-state index in [9.17, 15) is 5.11 Å². The Morgan fingerprint density at radius 1 is 1.33 bits per heavy atom. The molecule has 0 heterocycles. The maximum absolute atomic E-state index is 9.38. The second-order valence-electron chi connectivity index (χ2n) is 3.42. The van der Waals surface area contributed by atoms with Crippen LogP contribution in [0.1, 0.15) is 18.9 Å². The second kappa shape index (κ2) is 7.21. The molecule has 15 heavy (non-hydrogen) atoms. The van der Waals surface area contributed by atoms with Crippen molar-refractivity contribution in [3.8, 4) is 0 Å². The van der Waals surface area contributed by atoms with Crippen LogP contribution >= 0.6 is 0 Å². The maximum atomic E-state index is 9.38. The summed E-state index contributed by atoms with van der Waals surface area (Å²) in [6.07, 6.45) is 3.89. The molecule has 0 unspecified atom stereocenters. The van der Waals surface area contributed by atoms with Crippen LogP contribution in [-0.4, -0.2) is 17.8 Å². The summed E-state index contributed by atoms with van der Waals surface area (Å²) in [5.41, 5.74) is 1.16. The van der Waals surface area contributed by atoms with Gasteiger partial charge in [0, 0.05) is 13.0 Å². The van der Waals surface area contributed by atoms with Crippen LogP contribution in [0.25, 0.3) is 0 Å². The zero-order chi connectivity index (χ0) is 10.9. The molecule has 0 bridgehead atoms. The number of ether oxygens (including phenoxy) is 1. The van der Waals surface area contributed by atoms with Crippen LogP contribution in [0.2, 0.25) is 0 Å². The molecule has 0 radical (unpaired) electrons. The number of benzene rings is 1. The van der Waals surface area contributed by atoms with E-state index in [-0.39, 0.29) is 6.10 Å².